The van der Waals surface area contributed by atoms with Crippen LogP contribution in [0.1, 0.15) is 45.1 Å². The third-order valence-electron chi connectivity index (χ3n) is 3.50. The third kappa shape index (κ3) is 3.20. The summed E-state index contributed by atoms with van der Waals surface area (Å²) in [6.45, 7) is 4.23. The molecule has 104 valence electrons. The first-order valence-electron chi connectivity index (χ1n) is 6.81. The Morgan fingerprint density at radius 3 is 2.05 bits per heavy atom. The number of hydrogen-bond acceptors (Lipinski definition) is 3. The minimum atomic E-state index is -0.414. The summed E-state index contributed by atoms with van der Waals surface area (Å²) in [6, 6.07) is 8.33. The Balaban J connectivity index is 3.26. The summed E-state index contributed by atoms with van der Waals surface area (Å²) < 4.78 is 10.6. The van der Waals surface area contributed by atoms with Gasteiger partial charge in [0.05, 0.1) is 25.7 Å². The highest BCUT2D eigenvalue weighted by Crippen LogP contribution is 2.38. The Bertz CT molecular complexity index is 443. The number of ether oxygens (including phenoxy) is 2. The van der Waals surface area contributed by atoms with Gasteiger partial charge in [0.15, 0.2) is 11.5 Å². The predicted molar refractivity (Wildman–Crippen MR) is 76.7 cm³/mol. The minimum Gasteiger partial charge on any atom is -0.493 e. The molecule has 0 N–H and O–H groups in total. The molecule has 0 aliphatic heterocycles. The lowest BCUT2D eigenvalue weighted by Gasteiger charge is -2.27. The van der Waals surface area contributed by atoms with Crippen LogP contribution in [0.15, 0.2) is 18.2 Å². The molecule has 1 rings (SSSR count). The van der Waals surface area contributed by atoms with Crippen LogP contribution in [0.25, 0.3) is 0 Å². The second kappa shape index (κ2) is 7.04. The lowest BCUT2D eigenvalue weighted by molar-refractivity contribution is 0.352. The Morgan fingerprint density at radius 1 is 1.05 bits per heavy atom. The predicted octanol–water partition coefficient (Wildman–Crippen LogP) is 4.07. The maximum absolute atomic E-state index is 9.66. The zero-order valence-electron chi connectivity index (χ0n) is 12.3. The van der Waals surface area contributed by atoms with Crippen molar-refractivity contribution >= 4 is 0 Å². The fourth-order valence-electron chi connectivity index (χ4n) is 2.58. The number of rotatable bonds is 7. The van der Waals surface area contributed by atoms with E-state index in [0.717, 1.165) is 31.2 Å². The van der Waals surface area contributed by atoms with Crippen molar-refractivity contribution < 1.29 is 9.47 Å². The van der Waals surface area contributed by atoms with Crippen LogP contribution in [-0.2, 0) is 5.41 Å². The highest BCUT2D eigenvalue weighted by Gasteiger charge is 2.31. The van der Waals surface area contributed by atoms with E-state index >= 15 is 0 Å². The molecule has 0 aromatic heterocycles. The molecule has 0 saturated heterocycles. The van der Waals surface area contributed by atoms with Crippen LogP contribution < -0.4 is 9.47 Å². The van der Waals surface area contributed by atoms with Gasteiger partial charge in [-0.1, -0.05) is 32.8 Å². The highest BCUT2D eigenvalue weighted by molar-refractivity contribution is 5.47. The highest BCUT2D eigenvalue weighted by atomic mass is 16.5. The van der Waals surface area contributed by atoms with E-state index in [4.69, 9.17) is 9.47 Å². The summed E-state index contributed by atoms with van der Waals surface area (Å²) >= 11 is 0. The first kappa shape index (κ1) is 15.4. The maximum atomic E-state index is 9.66. The van der Waals surface area contributed by atoms with E-state index in [1.807, 2.05) is 18.2 Å². The molecule has 19 heavy (non-hydrogen) atoms. The van der Waals surface area contributed by atoms with Gasteiger partial charge in [-0.25, -0.2) is 0 Å². The average Bonchev–Trinajstić information content (AvgIpc) is 2.46. The summed E-state index contributed by atoms with van der Waals surface area (Å²) in [6.07, 6.45) is 3.71. The lowest BCUT2D eigenvalue weighted by Crippen LogP contribution is -2.23. The third-order valence-corrected chi connectivity index (χ3v) is 3.50. The standard InChI is InChI=1S/C16H23NO2/c1-5-9-16(12-17,10-6-2)13-7-8-14(18-3)15(11-13)19-4/h7-8,11H,5-6,9-10H2,1-4H3. The van der Waals surface area contributed by atoms with E-state index in [1.54, 1.807) is 14.2 Å². The molecule has 1 aromatic rings. The summed E-state index contributed by atoms with van der Waals surface area (Å²) in [5.41, 5.74) is 0.611. The lowest BCUT2D eigenvalue weighted by atomic mass is 9.74. The largest absolute Gasteiger partial charge is 0.493 e. The first-order valence-corrected chi connectivity index (χ1v) is 6.81. The van der Waals surface area contributed by atoms with Gasteiger partial charge in [-0.2, -0.15) is 5.26 Å². The Kier molecular flexibility index (Phi) is 5.69. The van der Waals surface area contributed by atoms with Gasteiger partial charge in [0.2, 0.25) is 0 Å². The smallest absolute Gasteiger partial charge is 0.161 e. The van der Waals surface area contributed by atoms with Crippen molar-refractivity contribution in [2.24, 2.45) is 0 Å². The van der Waals surface area contributed by atoms with Crippen molar-refractivity contribution in [3.63, 3.8) is 0 Å². The summed E-state index contributed by atoms with van der Waals surface area (Å²) in [4.78, 5) is 0. The molecule has 0 bridgehead atoms. The molecule has 1 aromatic carbocycles. The molecule has 3 heteroatoms. The minimum absolute atomic E-state index is 0.414. The van der Waals surface area contributed by atoms with Crippen molar-refractivity contribution in [1.29, 1.82) is 5.26 Å². The molecule has 0 spiro atoms. The van der Waals surface area contributed by atoms with E-state index in [0.29, 0.717) is 11.5 Å². The molecule has 0 aliphatic rings. The van der Waals surface area contributed by atoms with Gasteiger partial charge in [0, 0.05) is 0 Å². The molecule has 0 saturated carbocycles. The zero-order valence-corrected chi connectivity index (χ0v) is 12.3. The molecule has 0 radical (unpaired) electrons. The molecular formula is C16H23NO2. The van der Waals surface area contributed by atoms with E-state index in [-0.39, 0.29) is 0 Å². The Morgan fingerprint density at radius 2 is 1.63 bits per heavy atom. The van der Waals surface area contributed by atoms with Crippen molar-refractivity contribution in [3.8, 4) is 17.6 Å². The molecule has 0 unspecified atom stereocenters. The van der Waals surface area contributed by atoms with Gasteiger partial charge in [-0.3, -0.25) is 0 Å². The van der Waals surface area contributed by atoms with Gasteiger partial charge in [0.25, 0.3) is 0 Å². The van der Waals surface area contributed by atoms with Crippen molar-refractivity contribution in [2.75, 3.05) is 14.2 Å². The second-order valence-corrected chi connectivity index (χ2v) is 4.76. The average molecular weight is 261 g/mol. The first-order chi connectivity index (χ1) is 9.17. The summed E-state index contributed by atoms with van der Waals surface area (Å²) in [5, 5.41) is 9.66. The van der Waals surface area contributed by atoms with Crippen LogP contribution in [0, 0.1) is 11.3 Å². The quantitative estimate of drug-likeness (QED) is 0.743. The fourth-order valence-corrected chi connectivity index (χ4v) is 2.58. The van der Waals surface area contributed by atoms with E-state index < -0.39 is 5.41 Å². The number of methoxy groups -OCH3 is 2. The van der Waals surface area contributed by atoms with Gasteiger partial charge in [-0.05, 0) is 30.5 Å². The van der Waals surface area contributed by atoms with Crippen LogP contribution in [0.5, 0.6) is 11.5 Å². The van der Waals surface area contributed by atoms with Crippen LogP contribution in [-0.4, -0.2) is 14.2 Å². The molecule has 0 aliphatic carbocycles. The fraction of sp³-hybridized carbons (Fsp3) is 0.562. The number of hydrogen-bond donors (Lipinski definition) is 0. The van der Waals surface area contributed by atoms with E-state index in [1.165, 1.54) is 0 Å². The van der Waals surface area contributed by atoms with Gasteiger partial charge >= 0.3 is 0 Å². The summed E-state index contributed by atoms with van der Waals surface area (Å²) in [5.74, 6) is 1.39. The maximum Gasteiger partial charge on any atom is 0.161 e. The molecule has 3 nitrogen and oxygen atoms in total. The van der Waals surface area contributed by atoms with Gasteiger partial charge in [-0.15, -0.1) is 0 Å². The van der Waals surface area contributed by atoms with Gasteiger partial charge in [0.1, 0.15) is 0 Å². The summed E-state index contributed by atoms with van der Waals surface area (Å²) in [7, 11) is 3.24. The van der Waals surface area contributed by atoms with E-state index in [2.05, 4.69) is 19.9 Å². The number of benzene rings is 1. The van der Waals surface area contributed by atoms with Crippen LogP contribution in [0.3, 0.4) is 0 Å². The van der Waals surface area contributed by atoms with Crippen LogP contribution in [0.2, 0.25) is 0 Å². The van der Waals surface area contributed by atoms with Crippen LogP contribution in [0.4, 0.5) is 0 Å². The van der Waals surface area contributed by atoms with Gasteiger partial charge < -0.3 is 9.47 Å². The van der Waals surface area contributed by atoms with E-state index in [9.17, 15) is 5.26 Å². The zero-order chi connectivity index (χ0) is 14.3. The van der Waals surface area contributed by atoms with Crippen molar-refractivity contribution in [1.82, 2.24) is 0 Å². The Labute approximate surface area is 116 Å². The van der Waals surface area contributed by atoms with Crippen molar-refractivity contribution in [3.05, 3.63) is 23.8 Å². The monoisotopic (exact) mass is 261 g/mol. The molecule has 0 atom stereocenters. The molecular weight excluding hydrogens is 238 g/mol. The Hall–Kier alpha value is -1.69. The van der Waals surface area contributed by atoms with Crippen LogP contribution >= 0.6 is 0 Å². The number of nitrogens with zero attached hydrogens (tertiary/aromatic N) is 1. The normalized spacial score (nSPS) is 10.9. The molecule has 0 heterocycles. The SMILES string of the molecule is CCCC(C#N)(CCC)c1ccc(OC)c(OC)c1. The second-order valence-electron chi connectivity index (χ2n) is 4.76. The molecule has 0 fully saturated rings. The van der Waals surface area contributed by atoms with Crippen molar-refractivity contribution in [2.45, 2.75) is 44.9 Å². The topological polar surface area (TPSA) is 42.2 Å². The molecule has 0 amide bonds. The number of nitriles is 1.